The van der Waals surface area contributed by atoms with E-state index >= 15 is 0 Å². The van der Waals surface area contributed by atoms with Crippen LogP contribution in [-0.2, 0) is 4.79 Å². The molecule has 1 heterocycles. The van der Waals surface area contributed by atoms with E-state index in [1.807, 2.05) is 0 Å². The predicted molar refractivity (Wildman–Crippen MR) is 51.6 cm³/mol. The highest BCUT2D eigenvalue weighted by Crippen LogP contribution is 2.08. The van der Waals surface area contributed by atoms with Crippen LogP contribution in [0.2, 0.25) is 0 Å². The van der Waals surface area contributed by atoms with E-state index in [2.05, 4.69) is 11.8 Å². The topological polar surface area (TPSA) is 40.5 Å². The molecule has 0 radical (unpaired) electrons. The number of nitrogens with zero attached hydrogens (tertiary/aromatic N) is 1. The number of aliphatic hydroxyl groups is 1. The molecule has 1 aliphatic heterocycles. The maximum atomic E-state index is 11.2. The van der Waals surface area contributed by atoms with Crippen molar-refractivity contribution < 1.29 is 9.90 Å². The molecule has 1 rings (SSSR count). The molecule has 0 bridgehead atoms. The second-order valence-corrected chi connectivity index (χ2v) is 3.66. The summed E-state index contributed by atoms with van der Waals surface area (Å²) in [5.41, 5.74) is 0. The molecule has 1 saturated heterocycles. The Hall–Kier alpha value is -0.410. The van der Waals surface area contributed by atoms with Gasteiger partial charge >= 0.3 is 0 Å². The molecular formula is C10H19NO2. The number of rotatable bonds is 1. The maximum absolute atomic E-state index is 11.2. The molecule has 1 fully saturated rings. The number of hydrogen-bond donors (Lipinski definition) is 1. The van der Waals surface area contributed by atoms with Crippen molar-refractivity contribution in [3.05, 3.63) is 0 Å². The van der Waals surface area contributed by atoms with Gasteiger partial charge < -0.3 is 10.0 Å². The van der Waals surface area contributed by atoms with Crippen LogP contribution in [0.5, 0.6) is 0 Å². The van der Waals surface area contributed by atoms with Crippen LogP contribution in [0, 0.1) is 0 Å². The zero-order valence-corrected chi connectivity index (χ0v) is 8.33. The van der Waals surface area contributed by atoms with Gasteiger partial charge in [-0.05, 0) is 38.9 Å². The Morgan fingerprint density at radius 1 is 1.46 bits per heavy atom. The number of aliphatic hydroxyl groups excluding tert-OH is 1. The normalized spacial score (nSPS) is 27.8. The van der Waals surface area contributed by atoms with Crippen LogP contribution in [0.15, 0.2) is 0 Å². The summed E-state index contributed by atoms with van der Waals surface area (Å²) in [6.45, 7) is 5.19. The fourth-order valence-corrected chi connectivity index (χ4v) is 1.74. The Morgan fingerprint density at radius 2 is 2.15 bits per heavy atom. The summed E-state index contributed by atoms with van der Waals surface area (Å²) in [4.78, 5) is 13.6. The summed E-state index contributed by atoms with van der Waals surface area (Å²) in [7, 11) is 0. The van der Waals surface area contributed by atoms with E-state index in [1.54, 1.807) is 0 Å². The minimum Gasteiger partial charge on any atom is -0.385 e. The summed E-state index contributed by atoms with van der Waals surface area (Å²) in [5.74, 6) is 0.0259. The molecule has 3 nitrogen and oxygen atoms in total. The molecule has 76 valence electrons. The quantitative estimate of drug-likeness (QED) is 0.657. The van der Waals surface area contributed by atoms with Crippen LogP contribution in [-0.4, -0.2) is 41.5 Å². The number of hydrogen-bond acceptors (Lipinski definition) is 3. The molecule has 3 heteroatoms. The third-order valence-electron chi connectivity index (χ3n) is 2.67. The summed E-state index contributed by atoms with van der Waals surface area (Å²) < 4.78 is 0. The Morgan fingerprint density at radius 3 is 2.85 bits per heavy atom. The van der Waals surface area contributed by atoms with E-state index < -0.39 is 6.10 Å². The Balaban J connectivity index is 2.42. The lowest BCUT2D eigenvalue weighted by molar-refractivity contribution is -0.127. The summed E-state index contributed by atoms with van der Waals surface area (Å²) in [5, 5.41) is 9.40. The van der Waals surface area contributed by atoms with Crippen LogP contribution < -0.4 is 0 Å². The molecule has 0 aromatic rings. The lowest BCUT2D eigenvalue weighted by Crippen LogP contribution is -2.25. The molecule has 13 heavy (non-hydrogen) atoms. The molecule has 1 unspecified atom stereocenters. The molecule has 1 atom stereocenters. The highest BCUT2D eigenvalue weighted by atomic mass is 16.3. The smallest absolute Gasteiger partial charge is 0.161 e. The minimum atomic E-state index is -0.697. The van der Waals surface area contributed by atoms with Crippen molar-refractivity contribution >= 4 is 5.78 Å². The molecule has 0 aromatic carbocycles. The van der Waals surface area contributed by atoms with E-state index in [1.165, 1.54) is 0 Å². The lowest BCUT2D eigenvalue weighted by atomic mass is 10.1. The zero-order chi connectivity index (χ0) is 9.68. The van der Waals surface area contributed by atoms with Gasteiger partial charge in [-0.1, -0.05) is 6.92 Å². The van der Waals surface area contributed by atoms with Crippen LogP contribution in [0.25, 0.3) is 0 Å². The first-order valence-electron chi connectivity index (χ1n) is 5.17. The molecule has 0 amide bonds. The minimum absolute atomic E-state index is 0.0259. The average molecular weight is 185 g/mol. The Kier molecular flexibility index (Phi) is 4.39. The van der Waals surface area contributed by atoms with Crippen LogP contribution in [0.3, 0.4) is 0 Å². The fraction of sp³-hybridized carbons (Fsp3) is 0.900. The lowest BCUT2D eigenvalue weighted by Gasteiger charge is -2.18. The van der Waals surface area contributed by atoms with Gasteiger partial charge in [0.2, 0.25) is 0 Å². The molecule has 1 N–H and O–H groups in total. The van der Waals surface area contributed by atoms with Gasteiger partial charge in [-0.15, -0.1) is 0 Å². The largest absolute Gasteiger partial charge is 0.385 e. The van der Waals surface area contributed by atoms with Crippen molar-refractivity contribution in [1.29, 1.82) is 0 Å². The third kappa shape index (κ3) is 3.44. The van der Waals surface area contributed by atoms with E-state index in [0.717, 1.165) is 32.5 Å². The summed E-state index contributed by atoms with van der Waals surface area (Å²) in [6, 6.07) is 0. The first kappa shape index (κ1) is 10.7. The van der Waals surface area contributed by atoms with Gasteiger partial charge in [0.1, 0.15) is 6.10 Å². The van der Waals surface area contributed by atoms with Crippen molar-refractivity contribution in [2.24, 2.45) is 0 Å². The van der Waals surface area contributed by atoms with E-state index in [0.29, 0.717) is 12.8 Å². The zero-order valence-electron chi connectivity index (χ0n) is 8.33. The Bertz CT molecular complexity index is 170. The van der Waals surface area contributed by atoms with Gasteiger partial charge in [0.15, 0.2) is 5.78 Å². The first-order valence-corrected chi connectivity index (χ1v) is 5.17. The molecule has 0 spiro atoms. The summed E-state index contributed by atoms with van der Waals surface area (Å²) >= 11 is 0. The SMILES string of the molecule is CCN1CCCC(=O)C(O)CCC1. The van der Waals surface area contributed by atoms with Crippen LogP contribution in [0.4, 0.5) is 0 Å². The van der Waals surface area contributed by atoms with Crippen molar-refractivity contribution in [1.82, 2.24) is 4.90 Å². The second-order valence-electron chi connectivity index (χ2n) is 3.66. The molecule has 0 saturated carbocycles. The van der Waals surface area contributed by atoms with E-state index in [9.17, 15) is 9.90 Å². The van der Waals surface area contributed by atoms with Gasteiger partial charge in [-0.2, -0.15) is 0 Å². The van der Waals surface area contributed by atoms with Gasteiger partial charge in [-0.25, -0.2) is 0 Å². The number of ketones is 1. The highest BCUT2D eigenvalue weighted by Gasteiger charge is 2.17. The van der Waals surface area contributed by atoms with Gasteiger partial charge in [0, 0.05) is 6.42 Å². The van der Waals surface area contributed by atoms with Gasteiger partial charge in [-0.3, -0.25) is 4.79 Å². The first-order chi connectivity index (χ1) is 6.24. The van der Waals surface area contributed by atoms with Crippen LogP contribution >= 0.6 is 0 Å². The number of Topliss-reactive ketones (excluding diaryl/α,β-unsaturated/α-hetero) is 1. The van der Waals surface area contributed by atoms with E-state index in [4.69, 9.17) is 0 Å². The van der Waals surface area contributed by atoms with Gasteiger partial charge in [0.05, 0.1) is 0 Å². The highest BCUT2D eigenvalue weighted by molar-refractivity contribution is 5.82. The van der Waals surface area contributed by atoms with Crippen molar-refractivity contribution in [3.63, 3.8) is 0 Å². The number of carbonyl (C=O) groups is 1. The molecule has 1 aliphatic rings. The summed E-state index contributed by atoms with van der Waals surface area (Å²) in [6.07, 6.45) is 2.30. The molecule has 0 aromatic heterocycles. The maximum Gasteiger partial charge on any atom is 0.161 e. The number of carbonyl (C=O) groups excluding carboxylic acids is 1. The van der Waals surface area contributed by atoms with Crippen molar-refractivity contribution in [3.8, 4) is 0 Å². The standard InChI is InChI=1S/C10H19NO2/c1-2-11-7-3-5-9(12)10(13)6-4-8-11/h9,12H,2-8H2,1H3. The van der Waals surface area contributed by atoms with Gasteiger partial charge in [0.25, 0.3) is 0 Å². The average Bonchev–Trinajstić information content (AvgIpc) is 2.20. The van der Waals surface area contributed by atoms with Crippen molar-refractivity contribution in [2.45, 2.75) is 38.7 Å². The van der Waals surface area contributed by atoms with E-state index in [-0.39, 0.29) is 5.78 Å². The van der Waals surface area contributed by atoms with Crippen molar-refractivity contribution in [2.75, 3.05) is 19.6 Å². The third-order valence-corrected chi connectivity index (χ3v) is 2.67. The predicted octanol–water partition coefficient (Wildman–Crippen LogP) is 0.812. The fourth-order valence-electron chi connectivity index (χ4n) is 1.74. The second kappa shape index (κ2) is 5.35. The molecular weight excluding hydrogens is 166 g/mol. The molecule has 0 aliphatic carbocycles. The monoisotopic (exact) mass is 185 g/mol. The van der Waals surface area contributed by atoms with Crippen LogP contribution in [0.1, 0.15) is 32.6 Å². The Labute approximate surface area is 79.7 Å².